The topological polar surface area (TPSA) is 28.9 Å². The highest BCUT2D eigenvalue weighted by Gasteiger charge is 2.21. The van der Waals surface area contributed by atoms with Gasteiger partial charge in [-0.25, -0.2) is 0 Å². The summed E-state index contributed by atoms with van der Waals surface area (Å²) >= 11 is 0. The molecule has 2 nitrogen and oxygen atoms in total. The lowest BCUT2D eigenvalue weighted by atomic mass is 9.86. The third kappa shape index (κ3) is 2.83. The number of fused-ring (bicyclic) bond motifs is 8. The number of aromatic nitrogens is 1. The van der Waals surface area contributed by atoms with Crippen molar-refractivity contribution in [1.82, 2.24) is 4.98 Å². The smallest absolute Gasteiger partial charge is 0.143 e. The van der Waals surface area contributed by atoms with E-state index in [1.54, 1.807) is 0 Å². The molecule has 0 unspecified atom stereocenters. The van der Waals surface area contributed by atoms with Crippen molar-refractivity contribution in [2.45, 2.75) is 52.4 Å². The molecule has 0 aliphatic carbocycles. The molecule has 8 rings (SSSR count). The minimum Gasteiger partial charge on any atom is -0.455 e. The second kappa shape index (κ2) is 6.88. The van der Waals surface area contributed by atoms with E-state index in [4.69, 9.17) is 4.42 Å². The number of furan rings is 1. The fourth-order valence-electron chi connectivity index (χ4n) is 6.47. The molecule has 0 amide bonds. The quantitative estimate of drug-likeness (QED) is 0.209. The van der Waals surface area contributed by atoms with Gasteiger partial charge in [0.05, 0.1) is 5.52 Å². The number of hydrogen-bond donors (Lipinski definition) is 1. The van der Waals surface area contributed by atoms with Gasteiger partial charge in [-0.1, -0.05) is 71.9 Å². The molecule has 0 bridgehead atoms. The summed E-state index contributed by atoms with van der Waals surface area (Å²) in [4.78, 5) is 3.77. The van der Waals surface area contributed by atoms with Crippen molar-refractivity contribution in [3.05, 3.63) is 83.9 Å². The zero-order valence-corrected chi connectivity index (χ0v) is 22.8. The Morgan fingerprint density at radius 2 is 1.13 bits per heavy atom. The number of hydrogen-bond acceptors (Lipinski definition) is 1. The molecule has 0 saturated heterocycles. The molecule has 8 aromatic rings. The Morgan fingerprint density at radius 1 is 0.526 bits per heavy atom. The van der Waals surface area contributed by atoms with Crippen molar-refractivity contribution in [2.75, 3.05) is 0 Å². The lowest BCUT2D eigenvalue weighted by molar-refractivity contribution is 0.590. The first-order valence-corrected chi connectivity index (χ1v) is 13.6. The van der Waals surface area contributed by atoms with Gasteiger partial charge in [-0.05, 0) is 80.6 Å². The maximum absolute atomic E-state index is 6.55. The molecule has 6 aromatic carbocycles. The van der Waals surface area contributed by atoms with Crippen molar-refractivity contribution in [2.24, 2.45) is 0 Å². The number of H-pyrrole nitrogens is 1. The maximum Gasteiger partial charge on any atom is 0.143 e. The fraction of sp³-hybridized carbons (Fsp3) is 0.222. The van der Waals surface area contributed by atoms with Crippen LogP contribution in [0.5, 0.6) is 0 Å². The molecule has 2 heterocycles. The maximum atomic E-state index is 6.55. The summed E-state index contributed by atoms with van der Waals surface area (Å²) in [7, 11) is 0. The highest BCUT2D eigenvalue weighted by molar-refractivity contribution is 6.34. The molecule has 2 aromatic heterocycles. The van der Waals surface area contributed by atoms with Gasteiger partial charge in [0.1, 0.15) is 11.2 Å². The van der Waals surface area contributed by atoms with Crippen LogP contribution in [0.3, 0.4) is 0 Å². The molecular formula is C36H31NO. The Bertz CT molecular complexity index is 2080. The zero-order valence-electron chi connectivity index (χ0n) is 22.8. The van der Waals surface area contributed by atoms with Crippen LogP contribution in [0.4, 0.5) is 0 Å². The summed E-state index contributed by atoms with van der Waals surface area (Å²) < 4.78 is 6.55. The Balaban J connectivity index is 1.49. The molecule has 0 radical (unpaired) electrons. The molecule has 0 aliphatic rings. The normalized spacial score (nSPS) is 13.5. The second-order valence-corrected chi connectivity index (χ2v) is 13.2. The Labute approximate surface area is 221 Å². The van der Waals surface area contributed by atoms with Gasteiger partial charge in [0.25, 0.3) is 0 Å². The molecule has 0 saturated carbocycles. The number of aromatic amines is 1. The Hall–Kier alpha value is -4.04. The minimum absolute atomic E-state index is 0.0898. The third-order valence-electron chi connectivity index (χ3n) is 8.64. The van der Waals surface area contributed by atoms with Gasteiger partial charge in [0.15, 0.2) is 0 Å². The summed E-state index contributed by atoms with van der Waals surface area (Å²) in [6, 6.07) is 27.4. The second-order valence-electron chi connectivity index (χ2n) is 13.2. The van der Waals surface area contributed by atoms with Crippen molar-refractivity contribution >= 4 is 76.1 Å². The summed E-state index contributed by atoms with van der Waals surface area (Å²) in [5, 5.41) is 12.6. The van der Waals surface area contributed by atoms with Gasteiger partial charge in [-0.3, -0.25) is 0 Å². The predicted molar refractivity (Wildman–Crippen MR) is 164 cm³/mol. The van der Waals surface area contributed by atoms with Gasteiger partial charge in [-0.2, -0.15) is 0 Å². The molecule has 2 heteroatoms. The predicted octanol–water partition coefficient (Wildman–Crippen LogP) is 10.7. The van der Waals surface area contributed by atoms with Crippen molar-refractivity contribution in [3.63, 3.8) is 0 Å². The summed E-state index contributed by atoms with van der Waals surface area (Å²) in [6.45, 7) is 13.6. The Morgan fingerprint density at radius 3 is 1.84 bits per heavy atom. The van der Waals surface area contributed by atoms with Gasteiger partial charge in [0.2, 0.25) is 0 Å². The van der Waals surface area contributed by atoms with E-state index in [1.165, 1.54) is 76.0 Å². The van der Waals surface area contributed by atoms with Crippen LogP contribution >= 0.6 is 0 Å². The molecular weight excluding hydrogens is 462 g/mol. The summed E-state index contributed by atoms with van der Waals surface area (Å²) in [6.07, 6.45) is 0. The summed E-state index contributed by atoms with van der Waals surface area (Å²) in [5.41, 5.74) is 7.23. The SMILES string of the molecule is CC(C)(C)c1ccc2[nH]c3c(cc4ccc5c6oc7ccc(C(C)(C)C)cc7c6cc6ccc3c4c65)c2c1. The van der Waals surface area contributed by atoms with Crippen LogP contribution in [0.15, 0.2) is 77.2 Å². The standard InChI is InChI=1S/C36H31NO/c1-35(2,3)21-9-13-29-25(17-21)27-15-19-8-12-24-32-20(7-11-23(31(19)32)33(27)37-29)16-28-26-18-22(36(4,5)6)10-14-30(26)38-34(24)28/h7-18,37H,1-6H3. The monoisotopic (exact) mass is 493 g/mol. The molecule has 0 atom stereocenters. The van der Waals surface area contributed by atoms with E-state index >= 15 is 0 Å². The van der Waals surface area contributed by atoms with Crippen LogP contribution in [0.1, 0.15) is 52.7 Å². The molecule has 38 heavy (non-hydrogen) atoms. The minimum atomic E-state index is 0.0898. The van der Waals surface area contributed by atoms with E-state index in [0.717, 1.165) is 11.2 Å². The first-order valence-electron chi connectivity index (χ1n) is 13.6. The summed E-state index contributed by atoms with van der Waals surface area (Å²) in [5.74, 6) is 0. The number of benzene rings is 6. The first-order chi connectivity index (χ1) is 18.1. The number of nitrogens with one attached hydrogen (secondary N) is 1. The van der Waals surface area contributed by atoms with Crippen LogP contribution in [-0.4, -0.2) is 4.98 Å². The molecule has 186 valence electrons. The van der Waals surface area contributed by atoms with E-state index in [-0.39, 0.29) is 10.8 Å². The van der Waals surface area contributed by atoms with E-state index in [9.17, 15) is 0 Å². The van der Waals surface area contributed by atoms with Crippen LogP contribution < -0.4 is 0 Å². The Kier molecular flexibility index (Phi) is 3.98. The zero-order chi connectivity index (χ0) is 26.1. The highest BCUT2D eigenvalue weighted by atomic mass is 16.3. The lowest BCUT2D eigenvalue weighted by Crippen LogP contribution is -2.10. The largest absolute Gasteiger partial charge is 0.455 e. The van der Waals surface area contributed by atoms with Crippen LogP contribution in [0.2, 0.25) is 0 Å². The third-order valence-corrected chi connectivity index (χ3v) is 8.64. The first kappa shape index (κ1) is 22.0. The fourth-order valence-corrected chi connectivity index (χ4v) is 6.47. The van der Waals surface area contributed by atoms with Crippen LogP contribution in [0.25, 0.3) is 76.1 Å². The van der Waals surface area contributed by atoms with E-state index < -0.39 is 0 Å². The lowest BCUT2D eigenvalue weighted by Gasteiger charge is -2.19. The van der Waals surface area contributed by atoms with Crippen LogP contribution in [-0.2, 0) is 10.8 Å². The average molecular weight is 494 g/mol. The van der Waals surface area contributed by atoms with Crippen LogP contribution in [0, 0.1) is 0 Å². The van der Waals surface area contributed by atoms with E-state index in [1.807, 2.05) is 0 Å². The van der Waals surface area contributed by atoms with Crippen molar-refractivity contribution in [1.29, 1.82) is 0 Å². The van der Waals surface area contributed by atoms with Gasteiger partial charge < -0.3 is 9.40 Å². The molecule has 0 fully saturated rings. The average Bonchev–Trinajstić information content (AvgIpc) is 3.43. The van der Waals surface area contributed by atoms with Crippen molar-refractivity contribution in [3.8, 4) is 0 Å². The van der Waals surface area contributed by atoms with Gasteiger partial charge in [0, 0.05) is 43.2 Å². The molecule has 1 N–H and O–H groups in total. The molecule has 0 spiro atoms. The van der Waals surface area contributed by atoms with Crippen molar-refractivity contribution < 1.29 is 4.42 Å². The number of rotatable bonds is 0. The van der Waals surface area contributed by atoms with E-state index in [2.05, 4.69) is 119 Å². The van der Waals surface area contributed by atoms with Gasteiger partial charge >= 0.3 is 0 Å². The van der Waals surface area contributed by atoms with E-state index in [0.29, 0.717) is 0 Å². The highest BCUT2D eigenvalue weighted by Crippen LogP contribution is 2.45. The van der Waals surface area contributed by atoms with Gasteiger partial charge in [-0.15, -0.1) is 0 Å². The molecule has 0 aliphatic heterocycles.